The Morgan fingerprint density at radius 3 is 1.70 bits per heavy atom. The largest absolute Gasteiger partial charge is 0.497 e. The molecule has 0 radical (unpaired) electrons. The first-order valence-corrected chi connectivity index (χ1v) is 33.4. The molecule has 0 spiro atoms. The molecule has 1 aliphatic heterocycles. The van der Waals surface area contributed by atoms with Crippen molar-refractivity contribution in [1.82, 2.24) is 4.90 Å². The van der Waals surface area contributed by atoms with E-state index in [0.29, 0.717) is 26.2 Å². The number of carbonyl (C=O) groups is 2. The van der Waals surface area contributed by atoms with Gasteiger partial charge in [0.05, 0.1) is 44.0 Å². The molecule has 7 atom stereocenters. The lowest BCUT2D eigenvalue weighted by Crippen LogP contribution is -2.67. The van der Waals surface area contributed by atoms with E-state index in [1.807, 2.05) is 54.6 Å². The fraction of sp³-hybridized carbons (Fsp3) is 0.552. The van der Waals surface area contributed by atoms with Gasteiger partial charge in [0.2, 0.25) is 5.91 Å². The van der Waals surface area contributed by atoms with Crippen LogP contribution in [0.1, 0.15) is 93.7 Å². The first kappa shape index (κ1) is 58.0. The van der Waals surface area contributed by atoms with Gasteiger partial charge in [0.15, 0.2) is 16.6 Å². The minimum absolute atomic E-state index is 0.0654. The molecule has 13 heteroatoms. The van der Waals surface area contributed by atoms with E-state index in [9.17, 15) is 14.7 Å². The Morgan fingerprint density at radius 1 is 0.704 bits per heavy atom. The van der Waals surface area contributed by atoms with Gasteiger partial charge in [0.1, 0.15) is 12.4 Å². The minimum Gasteiger partial charge on any atom is -0.497 e. The highest BCUT2D eigenvalue weighted by Crippen LogP contribution is 2.43. The van der Waals surface area contributed by atoms with E-state index in [0.717, 1.165) is 16.9 Å². The third kappa shape index (κ3) is 14.2. The number of hydrogen-bond donors (Lipinski definition) is 1. The maximum atomic E-state index is 14.5. The summed E-state index contributed by atoms with van der Waals surface area (Å²) in [5, 5.41) is 14.2. The van der Waals surface area contributed by atoms with Gasteiger partial charge >= 0.3 is 6.09 Å². The summed E-state index contributed by atoms with van der Waals surface area (Å²) in [5.74, 6) is -1.30. The molecule has 0 saturated carbocycles. The number of cyclic esters (lactones) is 1. The molecule has 10 nitrogen and oxygen atoms in total. The van der Waals surface area contributed by atoms with Crippen molar-refractivity contribution in [2.24, 2.45) is 17.8 Å². The molecular formula is C58H87NO9Si3. The van der Waals surface area contributed by atoms with Crippen molar-refractivity contribution in [1.29, 1.82) is 0 Å². The van der Waals surface area contributed by atoms with Crippen LogP contribution in [-0.4, -0.2) is 98.2 Å². The third-order valence-electron chi connectivity index (χ3n) is 15.8. The standard InChI is InChI=1S/C58H87NO9Si3/c1-42(54(61)59-47(41-65-55(59)62)36-44-26-20-17-21-27-44)51(60)37-52(68-70(15,16)57(6,7)8)43(2)53(64-38-45-32-34-48(63-12)35-33-45)46(39-66-69(13,14)56(3,4)5)40-67-71(58(9,10)11,49-28-22-18-23-29-49)50-30-24-19-25-31-50/h17-35,42-43,46-47,51-53,60H,36-41H2,1-16H3/t42-,43-,46+,47-,51+,52+,53+/m1/s1. The van der Waals surface area contributed by atoms with Crippen molar-refractivity contribution in [2.45, 2.75) is 161 Å². The average Bonchev–Trinajstić information content (AvgIpc) is 3.68. The van der Waals surface area contributed by atoms with Crippen molar-refractivity contribution in [3.8, 4) is 5.75 Å². The topological polar surface area (TPSA) is 113 Å². The number of ether oxygens (including phenoxy) is 3. The van der Waals surface area contributed by atoms with E-state index < -0.39 is 67.2 Å². The van der Waals surface area contributed by atoms with Crippen LogP contribution in [0.4, 0.5) is 4.79 Å². The molecule has 5 rings (SSSR count). The molecule has 1 N–H and O–H groups in total. The van der Waals surface area contributed by atoms with E-state index in [-0.39, 0.29) is 40.0 Å². The van der Waals surface area contributed by atoms with Crippen LogP contribution in [-0.2, 0) is 40.6 Å². The lowest BCUT2D eigenvalue weighted by Gasteiger charge is -2.47. The zero-order chi connectivity index (χ0) is 52.6. The molecule has 0 aliphatic carbocycles. The normalized spacial score (nSPS) is 17.8. The predicted molar refractivity (Wildman–Crippen MR) is 295 cm³/mol. The first-order valence-electron chi connectivity index (χ1n) is 25.7. The summed E-state index contributed by atoms with van der Waals surface area (Å²) in [5.41, 5.74) is 1.97. The number of carbonyl (C=O) groups excluding carboxylic acids is 2. The first-order chi connectivity index (χ1) is 33.1. The molecule has 1 heterocycles. The van der Waals surface area contributed by atoms with Crippen molar-refractivity contribution in [2.75, 3.05) is 26.9 Å². The second-order valence-corrected chi connectivity index (χ2v) is 37.8. The molecule has 1 aliphatic rings. The van der Waals surface area contributed by atoms with Crippen molar-refractivity contribution < 1.29 is 42.2 Å². The number of hydrogen-bond acceptors (Lipinski definition) is 9. The molecular weight excluding hydrogens is 939 g/mol. The summed E-state index contributed by atoms with van der Waals surface area (Å²) in [7, 11) is -6.29. The number of rotatable bonds is 23. The van der Waals surface area contributed by atoms with E-state index in [4.69, 9.17) is 27.5 Å². The lowest BCUT2D eigenvalue weighted by molar-refractivity contribution is -0.137. The molecule has 4 aromatic carbocycles. The number of amides is 2. The van der Waals surface area contributed by atoms with E-state index >= 15 is 0 Å². The molecule has 390 valence electrons. The summed E-state index contributed by atoms with van der Waals surface area (Å²) >= 11 is 0. The molecule has 1 fully saturated rings. The second-order valence-electron chi connectivity index (χ2n) is 23.9. The summed E-state index contributed by atoms with van der Waals surface area (Å²) in [6, 6.07) is 38.6. The molecule has 0 bridgehead atoms. The number of imide groups is 1. The maximum absolute atomic E-state index is 14.5. The van der Waals surface area contributed by atoms with Crippen molar-refractivity contribution in [3.63, 3.8) is 0 Å². The quantitative estimate of drug-likeness (QED) is 0.0726. The van der Waals surface area contributed by atoms with Crippen LogP contribution in [0.3, 0.4) is 0 Å². The van der Waals surface area contributed by atoms with Crippen LogP contribution in [0.15, 0.2) is 115 Å². The van der Waals surface area contributed by atoms with Gasteiger partial charge in [-0.2, -0.15) is 0 Å². The Morgan fingerprint density at radius 2 is 1.21 bits per heavy atom. The number of nitrogens with zero attached hydrogens (tertiary/aromatic N) is 1. The highest BCUT2D eigenvalue weighted by Gasteiger charge is 2.52. The monoisotopic (exact) mass is 1030 g/mol. The van der Waals surface area contributed by atoms with Crippen LogP contribution < -0.4 is 15.1 Å². The van der Waals surface area contributed by atoms with Crippen molar-refractivity contribution in [3.05, 3.63) is 126 Å². The van der Waals surface area contributed by atoms with Gasteiger partial charge < -0.3 is 32.6 Å². The lowest BCUT2D eigenvalue weighted by atomic mass is 9.84. The van der Waals surface area contributed by atoms with Gasteiger partial charge in [-0.3, -0.25) is 4.79 Å². The van der Waals surface area contributed by atoms with E-state index in [2.05, 4.69) is 156 Å². The Bertz CT molecular complexity index is 2240. The summed E-state index contributed by atoms with van der Waals surface area (Å²) in [6.45, 7) is 34.2. The van der Waals surface area contributed by atoms with Crippen LogP contribution >= 0.6 is 0 Å². The summed E-state index contributed by atoms with van der Waals surface area (Å²) in [4.78, 5) is 29.0. The predicted octanol–water partition coefficient (Wildman–Crippen LogP) is 11.8. The van der Waals surface area contributed by atoms with Crippen molar-refractivity contribution >= 4 is 47.3 Å². The fourth-order valence-corrected chi connectivity index (χ4v) is 16.2. The van der Waals surface area contributed by atoms with Crippen LogP contribution in [0, 0.1) is 17.8 Å². The highest BCUT2D eigenvalue weighted by molar-refractivity contribution is 6.99. The fourth-order valence-electron chi connectivity index (χ4n) is 9.12. The van der Waals surface area contributed by atoms with Crippen LogP contribution in [0.2, 0.25) is 41.3 Å². The SMILES string of the molecule is COc1ccc(CO[C@H]([C@@H](CO[Si](C)(C)C(C)(C)C)CO[Si](c2ccccc2)(c2ccccc2)C(C)(C)C)[C@H](C)[C@H](C[C@H](O)[C@@H](C)C(=O)N2C(=O)OC[C@H]2Cc2ccccc2)O[Si](C)(C)C(C)(C)C)cc1. The molecule has 71 heavy (non-hydrogen) atoms. The molecule has 4 aromatic rings. The smallest absolute Gasteiger partial charge is 0.416 e. The minimum atomic E-state index is -3.05. The van der Waals surface area contributed by atoms with Gasteiger partial charge in [-0.15, -0.1) is 0 Å². The van der Waals surface area contributed by atoms with Crippen LogP contribution in [0.25, 0.3) is 0 Å². The van der Waals surface area contributed by atoms with E-state index in [1.165, 1.54) is 15.3 Å². The van der Waals surface area contributed by atoms with Crippen LogP contribution in [0.5, 0.6) is 5.75 Å². The maximum Gasteiger partial charge on any atom is 0.416 e. The number of methoxy groups -OCH3 is 1. The molecule has 1 saturated heterocycles. The van der Waals surface area contributed by atoms with Gasteiger partial charge in [-0.1, -0.05) is 179 Å². The third-order valence-corrected chi connectivity index (χ3v) is 29.8. The Kier molecular flexibility index (Phi) is 19.6. The van der Waals surface area contributed by atoms with Gasteiger partial charge in [-0.05, 0) is 87.8 Å². The zero-order valence-corrected chi connectivity index (χ0v) is 48.9. The molecule has 0 unspecified atom stereocenters. The van der Waals surface area contributed by atoms with Gasteiger partial charge in [-0.25, -0.2) is 9.69 Å². The Balaban J connectivity index is 1.62. The Hall–Kier alpha value is -3.93. The zero-order valence-electron chi connectivity index (χ0n) is 45.9. The van der Waals surface area contributed by atoms with Gasteiger partial charge in [0, 0.05) is 25.0 Å². The summed E-state index contributed by atoms with van der Waals surface area (Å²) in [6.07, 6.45) is -2.36. The summed E-state index contributed by atoms with van der Waals surface area (Å²) < 4.78 is 40.8. The Labute approximate surface area is 430 Å². The number of aliphatic hydroxyl groups excluding tert-OH is 1. The number of aliphatic hydroxyl groups is 1. The average molecular weight is 1030 g/mol. The number of benzene rings is 4. The van der Waals surface area contributed by atoms with Gasteiger partial charge in [0.25, 0.3) is 8.32 Å². The second kappa shape index (κ2) is 24.0. The molecule has 2 amide bonds. The van der Waals surface area contributed by atoms with E-state index in [1.54, 1.807) is 14.0 Å². The highest BCUT2D eigenvalue weighted by atomic mass is 28.4. The molecule has 0 aromatic heterocycles.